The molecule has 1 aromatic rings. The topological polar surface area (TPSA) is 58.2 Å². The van der Waals surface area contributed by atoms with Crippen LogP contribution in [0.3, 0.4) is 0 Å². The molecule has 0 heterocycles. The molecule has 1 atom stereocenters. The van der Waals surface area contributed by atoms with Gasteiger partial charge in [0, 0.05) is 24.4 Å². The van der Waals surface area contributed by atoms with Gasteiger partial charge in [-0.25, -0.2) is 4.39 Å². The van der Waals surface area contributed by atoms with Gasteiger partial charge in [0.15, 0.2) is 0 Å². The molecule has 2 aliphatic rings. The van der Waals surface area contributed by atoms with Gasteiger partial charge in [0.2, 0.25) is 11.8 Å². The quantitative estimate of drug-likeness (QED) is 0.782. The standard InChI is InChI=1S/C21H28ClFN2O2/c1-12-6-7-15(23)16(17(12)22)18(21(2)8-4-5-9-21)25-20(27)14-10-13(11-14)19(26)24-3/h6-7,13-14,18H,4-5,8-11H2,1-3H3,(H,24,26)(H,25,27). The van der Waals surface area contributed by atoms with E-state index in [-0.39, 0.29) is 34.9 Å². The third-order valence-corrected chi connectivity index (χ3v) is 6.97. The van der Waals surface area contributed by atoms with E-state index in [2.05, 4.69) is 17.6 Å². The van der Waals surface area contributed by atoms with E-state index in [0.29, 0.717) is 23.4 Å². The predicted octanol–water partition coefficient (Wildman–Crippen LogP) is 4.30. The monoisotopic (exact) mass is 394 g/mol. The second kappa shape index (κ2) is 7.78. The molecule has 6 heteroatoms. The van der Waals surface area contributed by atoms with Crippen molar-refractivity contribution in [3.63, 3.8) is 0 Å². The Morgan fingerprint density at radius 2 is 1.78 bits per heavy atom. The Balaban J connectivity index is 1.84. The highest BCUT2D eigenvalue weighted by Crippen LogP contribution is 2.50. The Hall–Kier alpha value is -1.62. The minimum atomic E-state index is -0.459. The summed E-state index contributed by atoms with van der Waals surface area (Å²) < 4.78 is 14.8. The maximum Gasteiger partial charge on any atom is 0.223 e. The number of hydrogen-bond acceptors (Lipinski definition) is 2. The Morgan fingerprint density at radius 3 is 2.37 bits per heavy atom. The number of rotatable bonds is 5. The molecule has 0 aromatic heterocycles. The highest BCUT2D eigenvalue weighted by molar-refractivity contribution is 6.32. The van der Waals surface area contributed by atoms with Gasteiger partial charge in [-0.15, -0.1) is 0 Å². The zero-order valence-electron chi connectivity index (χ0n) is 16.2. The third kappa shape index (κ3) is 3.84. The lowest BCUT2D eigenvalue weighted by molar-refractivity contribution is -0.136. The van der Waals surface area contributed by atoms with E-state index in [4.69, 9.17) is 11.6 Å². The van der Waals surface area contributed by atoms with Crippen molar-refractivity contribution in [2.75, 3.05) is 7.05 Å². The molecule has 0 saturated heterocycles. The predicted molar refractivity (Wildman–Crippen MR) is 104 cm³/mol. The lowest BCUT2D eigenvalue weighted by atomic mass is 9.72. The van der Waals surface area contributed by atoms with Crippen molar-refractivity contribution in [3.8, 4) is 0 Å². The van der Waals surface area contributed by atoms with Gasteiger partial charge < -0.3 is 10.6 Å². The molecule has 27 heavy (non-hydrogen) atoms. The van der Waals surface area contributed by atoms with Crippen molar-refractivity contribution in [1.82, 2.24) is 10.6 Å². The van der Waals surface area contributed by atoms with Gasteiger partial charge in [-0.1, -0.05) is 37.4 Å². The van der Waals surface area contributed by atoms with Gasteiger partial charge in [-0.2, -0.15) is 0 Å². The van der Waals surface area contributed by atoms with E-state index in [1.807, 2.05) is 6.92 Å². The summed E-state index contributed by atoms with van der Waals surface area (Å²) >= 11 is 6.48. The molecule has 0 aliphatic heterocycles. The molecule has 0 bridgehead atoms. The average molecular weight is 395 g/mol. The molecule has 3 rings (SSSR count). The summed E-state index contributed by atoms with van der Waals surface area (Å²) in [6.07, 6.45) is 5.06. The van der Waals surface area contributed by atoms with E-state index < -0.39 is 6.04 Å². The van der Waals surface area contributed by atoms with Crippen molar-refractivity contribution >= 4 is 23.4 Å². The fraction of sp³-hybridized carbons (Fsp3) is 0.619. The molecular weight excluding hydrogens is 367 g/mol. The highest BCUT2D eigenvalue weighted by atomic mass is 35.5. The molecule has 2 fully saturated rings. The fourth-order valence-electron chi connectivity index (χ4n) is 4.52. The van der Waals surface area contributed by atoms with Crippen LogP contribution in [0, 0.1) is 30.0 Å². The van der Waals surface area contributed by atoms with E-state index >= 15 is 0 Å². The molecule has 1 aromatic carbocycles. The first-order valence-electron chi connectivity index (χ1n) is 9.73. The van der Waals surface area contributed by atoms with Crippen LogP contribution in [-0.2, 0) is 9.59 Å². The van der Waals surface area contributed by atoms with Crippen LogP contribution in [0.5, 0.6) is 0 Å². The largest absolute Gasteiger partial charge is 0.359 e. The Morgan fingerprint density at radius 1 is 1.19 bits per heavy atom. The smallest absolute Gasteiger partial charge is 0.223 e. The molecule has 0 radical (unpaired) electrons. The number of amides is 2. The summed E-state index contributed by atoms with van der Waals surface area (Å²) in [5, 5.41) is 6.13. The number of carbonyl (C=O) groups excluding carboxylic acids is 2. The first-order chi connectivity index (χ1) is 12.8. The van der Waals surface area contributed by atoms with Gasteiger partial charge in [-0.05, 0) is 49.7 Å². The first kappa shape index (κ1) is 20.1. The van der Waals surface area contributed by atoms with Gasteiger partial charge >= 0.3 is 0 Å². The second-order valence-electron chi connectivity index (χ2n) is 8.37. The first-order valence-corrected chi connectivity index (χ1v) is 10.1. The van der Waals surface area contributed by atoms with E-state index in [1.165, 1.54) is 6.07 Å². The number of aryl methyl sites for hydroxylation is 1. The Labute approximate surface area is 165 Å². The molecule has 2 aliphatic carbocycles. The molecule has 2 amide bonds. The van der Waals surface area contributed by atoms with Crippen molar-refractivity contribution in [2.24, 2.45) is 17.3 Å². The van der Waals surface area contributed by atoms with E-state index in [1.54, 1.807) is 13.1 Å². The average Bonchev–Trinajstić information content (AvgIpc) is 3.03. The summed E-state index contributed by atoms with van der Waals surface area (Å²) in [4.78, 5) is 24.5. The second-order valence-corrected chi connectivity index (χ2v) is 8.75. The molecule has 148 valence electrons. The van der Waals surface area contributed by atoms with Crippen molar-refractivity contribution in [1.29, 1.82) is 0 Å². The number of benzene rings is 1. The van der Waals surface area contributed by atoms with E-state index in [9.17, 15) is 14.0 Å². The number of carbonyl (C=O) groups is 2. The summed E-state index contributed by atoms with van der Waals surface area (Å²) in [5.74, 6) is -0.811. The summed E-state index contributed by atoms with van der Waals surface area (Å²) in [6.45, 7) is 3.96. The van der Waals surface area contributed by atoms with Gasteiger partial charge in [0.05, 0.1) is 11.1 Å². The summed E-state index contributed by atoms with van der Waals surface area (Å²) in [5.41, 5.74) is 0.978. The van der Waals surface area contributed by atoms with Crippen molar-refractivity contribution in [3.05, 3.63) is 34.1 Å². The molecule has 4 nitrogen and oxygen atoms in total. The van der Waals surface area contributed by atoms with Crippen molar-refractivity contribution in [2.45, 2.75) is 58.4 Å². The zero-order valence-corrected chi connectivity index (χ0v) is 17.0. The lowest BCUT2D eigenvalue weighted by Crippen LogP contribution is -2.47. The molecule has 2 N–H and O–H groups in total. The Bertz CT molecular complexity index is 740. The van der Waals surface area contributed by atoms with Gasteiger partial charge in [-0.3, -0.25) is 9.59 Å². The molecule has 0 spiro atoms. The molecule has 2 saturated carbocycles. The number of nitrogens with one attached hydrogen (secondary N) is 2. The maximum absolute atomic E-state index is 14.8. The van der Waals surface area contributed by atoms with Crippen LogP contribution in [0.25, 0.3) is 0 Å². The molecular formula is C21H28ClFN2O2. The fourth-order valence-corrected chi connectivity index (χ4v) is 4.78. The van der Waals surface area contributed by atoms with Crippen LogP contribution in [-0.4, -0.2) is 18.9 Å². The zero-order chi connectivity index (χ0) is 19.8. The lowest BCUT2D eigenvalue weighted by Gasteiger charge is -2.39. The van der Waals surface area contributed by atoms with Crippen LogP contribution in [0.1, 0.15) is 62.6 Å². The number of hydrogen-bond donors (Lipinski definition) is 2. The van der Waals surface area contributed by atoms with Crippen molar-refractivity contribution < 1.29 is 14.0 Å². The van der Waals surface area contributed by atoms with Crippen LogP contribution in [0.2, 0.25) is 5.02 Å². The summed E-state index contributed by atoms with van der Waals surface area (Å²) in [6, 6.07) is 2.63. The Kier molecular flexibility index (Phi) is 5.80. The summed E-state index contributed by atoms with van der Waals surface area (Å²) in [7, 11) is 1.61. The molecule has 1 unspecified atom stereocenters. The maximum atomic E-state index is 14.8. The van der Waals surface area contributed by atoms with E-state index in [0.717, 1.165) is 31.2 Å². The van der Waals surface area contributed by atoms with Gasteiger partial charge in [0.1, 0.15) is 5.82 Å². The van der Waals surface area contributed by atoms with Crippen LogP contribution < -0.4 is 10.6 Å². The minimum absolute atomic E-state index is 0.0221. The van der Waals surface area contributed by atoms with Crippen LogP contribution in [0.15, 0.2) is 12.1 Å². The number of halogens is 2. The van der Waals surface area contributed by atoms with Gasteiger partial charge in [0.25, 0.3) is 0 Å². The normalized spacial score (nSPS) is 24.8. The highest BCUT2D eigenvalue weighted by Gasteiger charge is 2.44. The minimum Gasteiger partial charge on any atom is -0.359 e. The third-order valence-electron chi connectivity index (χ3n) is 6.46. The van der Waals surface area contributed by atoms with Crippen LogP contribution >= 0.6 is 11.6 Å². The SMILES string of the molecule is CNC(=O)C1CC(C(=O)NC(c2c(F)ccc(C)c2Cl)C2(C)CCCC2)C1. The van der Waals surface area contributed by atoms with Crippen LogP contribution in [0.4, 0.5) is 4.39 Å².